The Kier molecular flexibility index (Phi) is 3.99. The molecule has 4 nitrogen and oxygen atoms in total. The summed E-state index contributed by atoms with van der Waals surface area (Å²) in [5.41, 5.74) is 0.501. The number of Topliss-reactive ketones (excluding diaryl/α,β-unsaturated/α-hetero) is 1. The predicted molar refractivity (Wildman–Crippen MR) is 64.7 cm³/mol. The van der Waals surface area contributed by atoms with Crippen molar-refractivity contribution in [3.63, 3.8) is 0 Å². The maximum atomic E-state index is 13.5. The summed E-state index contributed by atoms with van der Waals surface area (Å²) < 4.78 is 27.7. The molecule has 0 saturated carbocycles. The normalized spacial score (nSPS) is 10.7. The summed E-state index contributed by atoms with van der Waals surface area (Å²) in [4.78, 5) is 12.0. The molecule has 0 aliphatic rings. The van der Waals surface area contributed by atoms with Crippen molar-refractivity contribution in [1.29, 1.82) is 0 Å². The van der Waals surface area contributed by atoms with E-state index in [-0.39, 0.29) is 17.8 Å². The number of aryl methyl sites for hydroxylation is 1. The minimum Gasteiger partial charge on any atom is -0.292 e. The van der Waals surface area contributed by atoms with E-state index >= 15 is 0 Å². The van der Waals surface area contributed by atoms with Gasteiger partial charge in [0.25, 0.3) is 0 Å². The first-order valence-corrected chi connectivity index (χ1v) is 5.97. The van der Waals surface area contributed by atoms with E-state index < -0.39 is 11.6 Å². The molecule has 2 aromatic rings. The monoisotopic (exact) mass is 265 g/mol. The molecular formula is C13H13F2N3O. The molecule has 0 aliphatic heterocycles. The Morgan fingerprint density at radius 3 is 2.84 bits per heavy atom. The molecule has 1 heterocycles. The molecule has 0 radical (unpaired) electrons. The third-order valence-electron chi connectivity index (χ3n) is 2.70. The van der Waals surface area contributed by atoms with E-state index in [9.17, 15) is 13.6 Å². The number of halogens is 2. The standard InChI is InChI=1S/C13H13F2N3O/c1-2-5-18-12(8-16-17-18)13(19)6-9-3-4-10(14)7-11(9)15/h3-4,7-8H,2,5-6H2,1H3. The summed E-state index contributed by atoms with van der Waals surface area (Å²) in [6, 6.07) is 3.17. The van der Waals surface area contributed by atoms with Crippen molar-refractivity contribution >= 4 is 5.78 Å². The lowest BCUT2D eigenvalue weighted by Crippen LogP contribution is -2.13. The van der Waals surface area contributed by atoms with E-state index in [1.165, 1.54) is 16.9 Å². The van der Waals surface area contributed by atoms with Crippen molar-refractivity contribution < 1.29 is 13.6 Å². The van der Waals surface area contributed by atoms with E-state index in [0.29, 0.717) is 12.2 Å². The van der Waals surface area contributed by atoms with Crippen LogP contribution in [0.15, 0.2) is 24.4 Å². The zero-order valence-corrected chi connectivity index (χ0v) is 10.4. The van der Waals surface area contributed by atoms with Crippen LogP contribution in [0.25, 0.3) is 0 Å². The Morgan fingerprint density at radius 2 is 2.16 bits per heavy atom. The molecule has 19 heavy (non-hydrogen) atoms. The molecular weight excluding hydrogens is 252 g/mol. The number of rotatable bonds is 5. The van der Waals surface area contributed by atoms with Crippen LogP contribution in [0.1, 0.15) is 29.4 Å². The van der Waals surface area contributed by atoms with Crippen molar-refractivity contribution in [1.82, 2.24) is 15.0 Å². The first kappa shape index (κ1) is 13.3. The SMILES string of the molecule is CCCn1nncc1C(=O)Cc1ccc(F)cc1F. The molecule has 0 saturated heterocycles. The van der Waals surface area contributed by atoms with Crippen LogP contribution in [0.2, 0.25) is 0 Å². The van der Waals surface area contributed by atoms with Crippen molar-refractivity contribution in [2.75, 3.05) is 0 Å². The fourth-order valence-electron chi connectivity index (χ4n) is 1.78. The minimum atomic E-state index is -0.720. The highest BCUT2D eigenvalue weighted by Gasteiger charge is 2.15. The van der Waals surface area contributed by atoms with Gasteiger partial charge in [0, 0.05) is 19.0 Å². The van der Waals surface area contributed by atoms with Gasteiger partial charge in [-0.25, -0.2) is 13.5 Å². The molecule has 0 spiro atoms. The Balaban J connectivity index is 2.18. The molecule has 1 aromatic heterocycles. The molecule has 2 rings (SSSR count). The number of hydrogen-bond donors (Lipinski definition) is 0. The lowest BCUT2D eigenvalue weighted by atomic mass is 10.1. The lowest BCUT2D eigenvalue weighted by molar-refractivity contribution is 0.0981. The minimum absolute atomic E-state index is 0.136. The Labute approximate surface area is 109 Å². The van der Waals surface area contributed by atoms with Crippen molar-refractivity contribution in [3.05, 3.63) is 47.3 Å². The highest BCUT2D eigenvalue weighted by Crippen LogP contribution is 2.13. The van der Waals surface area contributed by atoms with Crippen LogP contribution in [0, 0.1) is 11.6 Å². The second-order valence-electron chi connectivity index (χ2n) is 4.18. The van der Waals surface area contributed by atoms with Gasteiger partial charge in [-0.3, -0.25) is 4.79 Å². The molecule has 0 bridgehead atoms. The quantitative estimate of drug-likeness (QED) is 0.780. The van der Waals surface area contributed by atoms with E-state index in [1.807, 2.05) is 6.92 Å². The Bertz CT molecular complexity index is 595. The molecule has 1 aromatic carbocycles. The number of carbonyl (C=O) groups is 1. The van der Waals surface area contributed by atoms with Crippen LogP contribution in [0.5, 0.6) is 0 Å². The third-order valence-corrected chi connectivity index (χ3v) is 2.70. The highest BCUT2D eigenvalue weighted by molar-refractivity contribution is 5.95. The zero-order chi connectivity index (χ0) is 13.8. The molecule has 0 amide bonds. The van der Waals surface area contributed by atoms with Gasteiger partial charge < -0.3 is 0 Å². The van der Waals surface area contributed by atoms with E-state index in [1.54, 1.807) is 0 Å². The predicted octanol–water partition coefficient (Wildman–Crippen LogP) is 2.39. The number of ketones is 1. The van der Waals surface area contributed by atoms with Crippen LogP contribution >= 0.6 is 0 Å². The van der Waals surface area contributed by atoms with Crippen LogP contribution < -0.4 is 0 Å². The van der Waals surface area contributed by atoms with E-state index in [2.05, 4.69) is 10.3 Å². The van der Waals surface area contributed by atoms with Gasteiger partial charge in [0.2, 0.25) is 0 Å². The summed E-state index contributed by atoms with van der Waals surface area (Å²) in [5, 5.41) is 7.48. The smallest absolute Gasteiger partial charge is 0.186 e. The first-order chi connectivity index (χ1) is 9.11. The molecule has 0 unspecified atom stereocenters. The number of carbonyl (C=O) groups excluding carboxylic acids is 1. The average molecular weight is 265 g/mol. The van der Waals surface area contributed by atoms with Crippen LogP contribution in [0.4, 0.5) is 8.78 Å². The number of benzene rings is 1. The fourth-order valence-corrected chi connectivity index (χ4v) is 1.78. The maximum Gasteiger partial charge on any atom is 0.186 e. The molecule has 0 atom stereocenters. The fraction of sp³-hybridized carbons (Fsp3) is 0.308. The number of aromatic nitrogens is 3. The Morgan fingerprint density at radius 1 is 1.37 bits per heavy atom. The second kappa shape index (κ2) is 5.69. The average Bonchev–Trinajstić information content (AvgIpc) is 2.81. The topological polar surface area (TPSA) is 47.8 Å². The summed E-state index contributed by atoms with van der Waals surface area (Å²) in [7, 11) is 0. The van der Waals surface area contributed by atoms with Gasteiger partial charge in [-0.05, 0) is 18.1 Å². The number of nitrogens with zero attached hydrogens (tertiary/aromatic N) is 3. The van der Waals surface area contributed by atoms with E-state index in [4.69, 9.17) is 0 Å². The molecule has 0 N–H and O–H groups in total. The van der Waals surface area contributed by atoms with Crippen LogP contribution in [0.3, 0.4) is 0 Å². The van der Waals surface area contributed by atoms with Gasteiger partial charge in [-0.15, -0.1) is 5.10 Å². The van der Waals surface area contributed by atoms with Crippen LogP contribution in [-0.2, 0) is 13.0 Å². The van der Waals surface area contributed by atoms with Crippen molar-refractivity contribution in [2.45, 2.75) is 26.3 Å². The first-order valence-electron chi connectivity index (χ1n) is 5.97. The molecule has 0 aliphatic carbocycles. The highest BCUT2D eigenvalue weighted by atomic mass is 19.1. The summed E-state index contributed by atoms with van der Waals surface area (Å²) in [5.74, 6) is -1.67. The molecule has 0 fully saturated rings. The van der Waals surface area contributed by atoms with Crippen LogP contribution in [-0.4, -0.2) is 20.8 Å². The largest absolute Gasteiger partial charge is 0.292 e. The lowest BCUT2D eigenvalue weighted by Gasteiger charge is -2.05. The maximum absolute atomic E-state index is 13.5. The summed E-state index contributed by atoms with van der Waals surface area (Å²) >= 11 is 0. The van der Waals surface area contributed by atoms with Gasteiger partial charge in [-0.1, -0.05) is 18.2 Å². The van der Waals surface area contributed by atoms with Gasteiger partial charge in [0.1, 0.15) is 17.3 Å². The second-order valence-corrected chi connectivity index (χ2v) is 4.18. The van der Waals surface area contributed by atoms with Gasteiger partial charge in [0.05, 0.1) is 6.20 Å². The third kappa shape index (κ3) is 3.01. The van der Waals surface area contributed by atoms with Crippen molar-refractivity contribution in [3.8, 4) is 0 Å². The van der Waals surface area contributed by atoms with E-state index in [0.717, 1.165) is 18.6 Å². The molecule has 100 valence electrons. The summed E-state index contributed by atoms with van der Waals surface area (Å²) in [6.45, 7) is 2.53. The van der Waals surface area contributed by atoms with Gasteiger partial charge in [-0.2, -0.15) is 0 Å². The molecule has 6 heteroatoms. The summed E-state index contributed by atoms with van der Waals surface area (Å²) in [6.07, 6.45) is 2.04. The van der Waals surface area contributed by atoms with Crippen molar-refractivity contribution in [2.24, 2.45) is 0 Å². The number of hydrogen-bond acceptors (Lipinski definition) is 3. The Hall–Kier alpha value is -2.11. The van der Waals surface area contributed by atoms with Gasteiger partial charge >= 0.3 is 0 Å². The van der Waals surface area contributed by atoms with Gasteiger partial charge in [0.15, 0.2) is 5.78 Å². The zero-order valence-electron chi connectivity index (χ0n) is 10.4.